The molecule has 2 heterocycles. The van der Waals surface area contributed by atoms with Crippen molar-refractivity contribution in [2.75, 3.05) is 11.9 Å². The highest BCUT2D eigenvalue weighted by Gasteiger charge is 2.20. The minimum atomic E-state index is -0.417. The molecule has 0 saturated heterocycles. The van der Waals surface area contributed by atoms with Gasteiger partial charge in [-0.2, -0.15) is 0 Å². The first-order valence-electron chi connectivity index (χ1n) is 7.86. The van der Waals surface area contributed by atoms with Gasteiger partial charge in [-0.15, -0.1) is 22.7 Å². The van der Waals surface area contributed by atoms with Gasteiger partial charge in [-0.3, -0.25) is 4.79 Å². The van der Waals surface area contributed by atoms with Crippen LogP contribution < -0.4 is 5.32 Å². The van der Waals surface area contributed by atoms with Crippen molar-refractivity contribution in [1.29, 1.82) is 0 Å². The van der Waals surface area contributed by atoms with Gasteiger partial charge >= 0.3 is 5.97 Å². The Morgan fingerprint density at radius 2 is 1.92 bits per heavy atom. The average Bonchev–Trinajstić information content (AvgIpc) is 3.26. The second-order valence-electron chi connectivity index (χ2n) is 5.27. The molecule has 128 valence electrons. The SMILES string of the molecule is CCOC(=O)c1cc(Cc2ccccc2)sc1NC(=O)c1cccs1. The van der Waals surface area contributed by atoms with E-state index in [-0.39, 0.29) is 5.91 Å². The molecule has 0 fully saturated rings. The predicted octanol–water partition coefficient (Wildman–Crippen LogP) is 4.83. The van der Waals surface area contributed by atoms with Crippen LogP contribution >= 0.6 is 22.7 Å². The van der Waals surface area contributed by atoms with Crippen LogP contribution in [0.4, 0.5) is 5.00 Å². The van der Waals surface area contributed by atoms with E-state index in [1.807, 2.05) is 41.8 Å². The van der Waals surface area contributed by atoms with Crippen molar-refractivity contribution in [3.63, 3.8) is 0 Å². The number of esters is 1. The number of benzene rings is 1. The molecule has 6 heteroatoms. The van der Waals surface area contributed by atoms with Crippen molar-refractivity contribution < 1.29 is 14.3 Å². The lowest BCUT2D eigenvalue weighted by atomic mass is 10.1. The predicted molar refractivity (Wildman–Crippen MR) is 102 cm³/mol. The Hall–Kier alpha value is -2.44. The van der Waals surface area contributed by atoms with Crippen LogP contribution in [-0.4, -0.2) is 18.5 Å². The van der Waals surface area contributed by atoms with Gasteiger partial charge in [-0.1, -0.05) is 36.4 Å². The lowest BCUT2D eigenvalue weighted by Gasteiger charge is -2.04. The molecule has 0 aliphatic carbocycles. The number of carbonyl (C=O) groups excluding carboxylic acids is 2. The summed E-state index contributed by atoms with van der Waals surface area (Å²) in [7, 11) is 0. The summed E-state index contributed by atoms with van der Waals surface area (Å²) in [4.78, 5) is 26.2. The molecule has 3 rings (SSSR count). The third-order valence-electron chi connectivity index (χ3n) is 3.47. The Balaban J connectivity index is 1.86. The van der Waals surface area contributed by atoms with Crippen molar-refractivity contribution in [3.8, 4) is 0 Å². The number of nitrogens with one attached hydrogen (secondary N) is 1. The van der Waals surface area contributed by atoms with E-state index in [1.165, 1.54) is 22.7 Å². The summed E-state index contributed by atoms with van der Waals surface area (Å²) in [6.07, 6.45) is 0.701. The number of anilines is 1. The van der Waals surface area contributed by atoms with Crippen molar-refractivity contribution >= 4 is 39.6 Å². The molecule has 25 heavy (non-hydrogen) atoms. The molecule has 4 nitrogen and oxygen atoms in total. The number of rotatable bonds is 6. The zero-order valence-electron chi connectivity index (χ0n) is 13.7. The maximum absolute atomic E-state index is 12.3. The standard InChI is InChI=1S/C19H17NO3S2/c1-2-23-19(22)15-12-14(11-13-7-4-3-5-8-13)25-18(15)20-17(21)16-9-6-10-24-16/h3-10,12H,2,11H2,1H3,(H,20,21). The van der Waals surface area contributed by atoms with E-state index in [2.05, 4.69) is 5.32 Å². The molecule has 0 saturated carbocycles. The summed E-state index contributed by atoms with van der Waals surface area (Å²) in [5.41, 5.74) is 1.55. The Labute approximate surface area is 154 Å². The minimum absolute atomic E-state index is 0.214. The first-order valence-corrected chi connectivity index (χ1v) is 9.55. The van der Waals surface area contributed by atoms with Crippen LogP contribution in [0.15, 0.2) is 53.9 Å². The van der Waals surface area contributed by atoms with Gasteiger partial charge < -0.3 is 10.1 Å². The molecule has 0 unspecified atom stereocenters. The minimum Gasteiger partial charge on any atom is -0.462 e. The van der Waals surface area contributed by atoms with Crippen LogP contribution in [0.25, 0.3) is 0 Å². The second-order valence-corrected chi connectivity index (χ2v) is 7.35. The Morgan fingerprint density at radius 1 is 1.12 bits per heavy atom. The van der Waals surface area contributed by atoms with Crippen LogP contribution in [0.5, 0.6) is 0 Å². The lowest BCUT2D eigenvalue weighted by molar-refractivity contribution is 0.0528. The van der Waals surface area contributed by atoms with Gasteiger partial charge in [0.15, 0.2) is 0 Å². The summed E-state index contributed by atoms with van der Waals surface area (Å²) in [6, 6.07) is 15.4. The van der Waals surface area contributed by atoms with Gasteiger partial charge in [0.25, 0.3) is 5.91 Å². The highest BCUT2D eigenvalue weighted by Crippen LogP contribution is 2.31. The van der Waals surface area contributed by atoms with Gasteiger partial charge in [0, 0.05) is 11.3 Å². The summed E-state index contributed by atoms with van der Waals surface area (Å²) < 4.78 is 5.12. The first kappa shape index (κ1) is 17.4. The molecule has 0 spiro atoms. The molecule has 0 atom stereocenters. The zero-order valence-corrected chi connectivity index (χ0v) is 15.3. The third kappa shape index (κ3) is 4.35. The topological polar surface area (TPSA) is 55.4 Å². The molecule has 2 aromatic heterocycles. The molecule has 3 aromatic rings. The first-order chi connectivity index (χ1) is 12.2. The largest absolute Gasteiger partial charge is 0.462 e. The fourth-order valence-corrected chi connectivity index (χ4v) is 4.04. The quantitative estimate of drug-likeness (QED) is 0.632. The Kier molecular flexibility index (Phi) is 5.63. The fourth-order valence-electron chi connectivity index (χ4n) is 2.35. The molecule has 0 aliphatic rings. The van der Waals surface area contributed by atoms with Gasteiger partial charge in [0.05, 0.1) is 17.0 Å². The van der Waals surface area contributed by atoms with E-state index in [1.54, 1.807) is 19.1 Å². The number of amides is 1. The van der Waals surface area contributed by atoms with Crippen molar-refractivity contribution in [1.82, 2.24) is 0 Å². The van der Waals surface area contributed by atoms with E-state index in [4.69, 9.17) is 4.74 Å². The normalized spacial score (nSPS) is 10.4. The molecule has 1 aromatic carbocycles. The van der Waals surface area contributed by atoms with Crippen LogP contribution in [0.3, 0.4) is 0 Å². The van der Waals surface area contributed by atoms with Crippen LogP contribution in [-0.2, 0) is 11.2 Å². The average molecular weight is 371 g/mol. The van der Waals surface area contributed by atoms with Crippen molar-refractivity contribution in [3.05, 3.63) is 74.8 Å². The molecule has 0 bridgehead atoms. The van der Waals surface area contributed by atoms with Gasteiger partial charge in [-0.25, -0.2) is 4.79 Å². The van der Waals surface area contributed by atoms with E-state index in [0.29, 0.717) is 28.5 Å². The maximum atomic E-state index is 12.3. The zero-order chi connectivity index (χ0) is 17.6. The molecular formula is C19H17NO3S2. The molecule has 0 aliphatic heterocycles. The molecular weight excluding hydrogens is 354 g/mol. The summed E-state index contributed by atoms with van der Waals surface area (Å²) in [6.45, 7) is 2.06. The highest BCUT2D eigenvalue weighted by atomic mass is 32.1. The summed E-state index contributed by atoms with van der Waals surface area (Å²) >= 11 is 2.77. The molecule has 1 N–H and O–H groups in total. The van der Waals surface area contributed by atoms with E-state index in [9.17, 15) is 9.59 Å². The van der Waals surface area contributed by atoms with Gasteiger partial charge in [0.1, 0.15) is 5.00 Å². The van der Waals surface area contributed by atoms with E-state index < -0.39 is 5.97 Å². The van der Waals surface area contributed by atoms with Crippen molar-refractivity contribution in [2.24, 2.45) is 0 Å². The van der Waals surface area contributed by atoms with E-state index in [0.717, 1.165) is 10.4 Å². The fraction of sp³-hybridized carbons (Fsp3) is 0.158. The van der Waals surface area contributed by atoms with Crippen molar-refractivity contribution in [2.45, 2.75) is 13.3 Å². The number of thiophene rings is 2. The second kappa shape index (κ2) is 8.09. The lowest BCUT2D eigenvalue weighted by Crippen LogP contribution is -2.13. The third-order valence-corrected chi connectivity index (χ3v) is 5.39. The van der Waals surface area contributed by atoms with E-state index >= 15 is 0 Å². The van der Waals surface area contributed by atoms with Crippen LogP contribution in [0, 0.1) is 0 Å². The summed E-state index contributed by atoms with van der Waals surface area (Å²) in [5.74, 6) is -0.631. The van der Waals surface area contributed by atoms with Gasteiger partial charge in [0.2, 0.25) is 0 Å². The Bertz CT molecular complexity index is 854. The smallest absolute Gasteiger partial charge is 0.341 e. The Morgan fingerprint density at radius 3 is 2.60 bits per heavy atom. The van der Waals surface area contributed by atoms with Crippen LogP contribution in [0.2, 0.25) is 0 Å². The number of carbonyl (C=O) groups is 2. The molecule has 1 amide bonds. The highest BCUT2D eigenvalue weighted by molar-refractivity contribution is 7.17. The monoisotopic (exact) mass is 371 g/mol. The van der Waals surface area contributed by atoms with Crippen LogP contribution in [0.1, 0.15) is 37.4 Å². The maximum Gasteiger partial charge on any atom is 0.341 e. The molecule has 0 radical (unpaired) electrons. The summed E-state index contributed by atoms with van der Waals surface area (Å²) in [5, 5.41) is 5.22. The number of hydrogen-bond donors (Lipinski definition) is 1. The van der Waals surface area contributed by atoms with Gasteiger partial charge in [-0.05, 0) is 30.0 Å². The number of ether oxygens (including phenoxy) is 1. The number of hydrogen-bond acceptors (Lipinski definition) is 5.